The fraction of sp³-hybridized carbons (Fsp3) is 0.538. The lowest BCUT2D eigenvalue weighted by Gasteiger charge is -2.23. The molecule has 1 heterocycles. The van der Waals surface area contributed by atoms with Crippen LogP contribution in [0.15, 0.2) is 18.2 Å². The first-order valence-corrected chi connectivity index (χ1v) is 7.51. The highest BCUT2D eigenvalue weighted by Gasteiger charge is 2.19. The van der Waals surface area contributed by atoms with Gasteiger partial charge in [-0.25, -0.2) is 0 Å². The number of hydrogen-bond acceptors (Lipinski definition) is 3. The number of halogens is 1. The lowest BCUT2D eigenvalue weighted by molar-refractivity contribution is 0.186. The second kappa shape index (κ2) is 6.10. The lowest BCUT2D eigenvalue weighted by Crippen LogP contribution is -2.12. The van der Waals surface area contributed by atoms with E-state index in [1.54, 1.807) is 0 Å². The third-order valence-corrected chi connectivity index (χ3v) is 4.67. The summed E-state index contributed by atoms with van der Waals surface area (Å²) < 4.78 is 0. The van der Waals surface area contributed by atoms with E-state index < -0.39 is 6.10 Å². The zero-order chi connectivity index (χ0) is 12.3. The molecule has 0 radical (unpaired) electrons. The van der Waals surface area contributed by atoms with E-state index in [9.17, 15) is 5.11 Å². The van der Waals surface area contributed by atoms with Crippen LogP contribution in [-0.2, 0) is 0 Å². The maximum Gasteiger partial charge on any atom is 0.0912 e. The topological polar surface area (TPSA) is 46.2 Å². The summed E-state index contributed by atoms with van der Waals surface area (Å²) in [5.74, 6) is 3.01. The smallest absolute Gasteiger partial charge is 0.0912 e. The predicted octanol–water partition coefficient (Wildman–Crippen LogP) is 2.94. The summed E-state index contributed by atoms with van der Waals surface area (Å²) >= 11 is 8.32. The van der Waals surface area contributed by atoms with E-state index >= 15 is 0 Å². The van der Waals surface area contributed by atoms with Crippen molar-refractivity contribution in [3.63, 3.8) is 0 Å². The van der Waals surface area contributed by atoms with E-state index in [2.05, 4.69) is 6.07 Å². The molecule has 1 atom stereocenters. The molecule has 1 unspecified atom stereocenters. The van der Waals surface area contributed by atoms with E-state index in [4.69, 9.17) is 17.3 Å². The van der Waals surface area contributed by atoms with Gasteiger partial charge in [0.25, 0.3) is 0 Å². The maximum absolute atomic E-state index is 9.67. The van der Waals surface area contributed by atoms with Gasteiger partial charge in [0.05, 0.1) is 6.10 Å². The Hall–Kier alpha value is -0.220. The Bertz CT molecular complexity index is 380. The van der Waals surface area contributed by atoms with Crippen molar-refractivity contribution in [1.29, 1.82) is 0 Å². The summed E-state index contributed by atoms with van der Waals surface area (Å²) in [4.78, 5) is 0. The van der Waals surface area contributed by atoms with Crippen molar-refractivity contribution in [3.05, 3.63) is 34.3 Å². The van der Waals surface area contributed by atoms with Crippen LogP contribution in [0.2, 0.25) is 5.02 Å². The molecule has 4 heteroatoms. The first kappa shape index (κ1) is 13.2. The van der Waals surface area contributed by atoms with Gasteiger partial charge in [0.1, 0.15) is 0 Å². The van der Waals surface area contributed by atoms with Crippen LogP contribution in [0, 0.1) is 0 Å². The van der Waals surface area contributed by atoms with Crippen molar-refractivity contribution >= 4 is 23.4 Å². The Morgan fingerprint density at radius 1 is 1.41 bits per heavy atom. The minimum atomic E-state index is -0.608. The van der Waals surface area contributed by atoms with Crippen LogP contribution >= 0.6 is 23.4 Å². The van der Waals surface area contributed by atoms with Gasteiger partial charge in [-0.05, 0) is 47.5 Å². The van der Waals surface area contributed by atoms with Crippen molar-refractivity contribution < 1.29 is 5.11 Å². The molecular weight excluding hydrogens is 254 g/mol. The van der Waals surface area contributed by atoms with Crippen molar-refractivity contribution in [2.45, 2.75) is 24.9 Å². The lowest BCUT2D eigenvalue weighted by atomic mass is 9.92. The van der Waals surface area contributed by atoms with Crippen LogP contribution in [-0.4, -0.2) is 23.2 Å². The number of benzene rings is 1. The van der Waals surface area contributed by atoms with Gasteiger partial charge in [-0.3, -0.25) is 0 Å². The van der Waals surface area contributed by atoms with Gasteiger partial charge in [-0.2, -0.15) is 11.8 Å². The maximum atomic E-state index is 9.67. The normalized spacial score (nSPS) is 19.2. The Labute approximate surface area is 112 Å². The first-order chi connectivity index (χ1) is 8.22. The van der Waals surface area contributed by atoms with E-state index in [1.165, 1.54) is 29.9 Å². The summed E-state index contributed by atoms with van der Waals surface area (Å²) in [5, 5.41) is 10.4. The average molecular weight is 272 g/mol. The SMILES string of the molecule is NCC(O)c1ccc(C2CCSCC2)c(Cl)c1. The standard InChI is InChI=1S/C13H18ClNOS/c14-12-7-10(13(16)8-15)1-2-11(12)9-3-5-17-6-4-9/h1-2,7,9,13,16H,3-6,8,15H2. The second-order valence-corrected chi connectivity index (χ2v) is 6.05. The van der Waals surface area contributed by atoms with Gasteiger partial charge < -0.3 is 10.8 Å². The van der Waals surface area contributed by atoms with Crippen LogP contribution in [0.25, 0.3) is 0 Å². The zero-order valence-corrected chi connectivity index (χ0v) is 11.3. The zero-order valence-electron chi connectivity index (χ0n) is 9.73. The molecule has 1 saturated heterocycles. The van der Waals surface area contributed by atoms with Gasteiger partial charge in [0.2, 0.25) is 0 Å². The number of aliphatic hydroxyl groups excluding tert-OH is 1. The van der Waals surface area contributed by atoms with Gasteiger partial charge in [-0.15, -0.1) is 0 Å². The largest absolute Gasteiger partial charge is 0.387 e. The van der Waals surface area contributed by atoms with Crippen molar-refractivity contribution in [2.24, 2.45) is 5.73 Å². The van der Waals surface area contributed by atoms with Crippen LogP contribution in [0.4, 0.5) is 0 Å². The van der Waals surface area contributed by atoms with Crippen LogP contribution in [0.5, 0.6) is 0 Å². The van der Waals surface area contributed by atoms with E-state index in [1.807, 2.05) is 23.9 Å². The second-order valence-electron chi connectivity index (χ2n) is 4.42. The molecule has 1 aromatic carbocycles. The Morgan fingerprint density at radius 3 is 2.71 bits per heavy atom. The highest BCUT2D eigenvalue weighted by molar-refractivity contribution is 7.99. The predicted molar refractivity (Wildman–Crippen MR) is 74.8 cm³/mol. The van der Waals surface area contributed by atoms with Crippen molar-refractivity contribution in [1.82, 2.24) is 0 Å². The van der Waals surface area contributed by atoms with Gasteiger partial charge in [0.15, 0.2) is 0 Å². The molecule has 94 valence electrons. The average Bonchev–Trinajstić information content (AvgIpc) is 2.38. The van der Waals surface area contributed by atoms with Crippen LogP contribution in [0.3, 0.4) is 0 Å². The molecule has 0 spiro atoms. The summed E-state index contributed by atoms with van der Waals surface area (Å²) in [6.07, 6.45) is 1.79. The number of rotatable bonds is 3. The van der Waals surface area contributed by atoms with Gasteiger partial charge >= 0.3 is 0 Å². The van der Waals surface area contributed by atoms with E-state index in [-0.39, 0.29) is 6.54 Å². The fourth-order valence-corrected chi connectivity index (χ4v) is 3.68. The molecular formula is C13H18ClNOS. The fourth-order valence-electron chi connectivity index (χ4n) is 2.23. The molecule has 0 bridgehead atoms. The summed E-state index contributed by atoms with van der Waals surface area (Å²) in [5.41, 5.74) is 7.47. The highest BCUT2D eigenvalue weighted by atomic mass is 35.5. The minimum absolute atomic E-state index is 0.232. The quantitative estimate of drug-likeness (QED) is 0.889. The molecule has 17 heavy (non-hydrogen) atoms. The molecule has 1 aromatic rings. The van der Waals surface area contributed by atoms with Gasteiger partial charge in [-0.1, -0.05) is 23.7 Å². The number of aliphatic hydroxyl groups is 1. The van der Waals surface area contributed by atoms with Crippen molar-refractivity contribution in [3.8, 4) is 0 Å². The molecule has 0 saturated carbocycles. The number of nitrogens with two attached hydrogens (primary N) is 1. The molecule has 0 aliphatic carbocycles. The van der Waals surface area contributed by atoms with Crippen molar-refractivity contribution in [2.75, 3.05) is 18.1 Å². The molecule has 0 amide bonds. The Kier molecular flexibility index (Phi) is 4.74. The van der Waals surface area contributed by atoms with E-state index in [0.717, 1.165) is 10.6 Å². The molecule has 0 aromatic heterocycles. The molecule has 2 rings (SSSR count). The first-order valence-electron chi connectivity index (χ1n) is 5.97. The highest BCUT2D eigenvalue weighted by Crippen LogP contribution is 2.36. The van der Waals surface area contributed by atoms with Gasteiger partial charge in [0, 0.05) is 11.6 Å². The third-order valence-electron chi connectivity index (χ3n) is 3.29. The molecule has 2 nitrogen and oxygen atoms in total. The Morgan fingerprint density at radius 2 is 2.12 bits per heavy atom. The Balaban J connectivity index is 2.18. The van der Waals surface area contributed by atoms with E-state index in [0.29, 0.717) is 5.92 Å². The van der Waals surface area contributed by atoms with Crippen LogP contribution in [0.1, 0.15) is 36.0 Å². The number of thioether (sulfide) groups is 1. The number of hydrogen-bond donors (Lipinski definition) is 2. The minimum Gasteiger partial charge on any atom is -0.387 e. The third kappa shape index (κ3) is 3.16. The summed E-state index contributed by atoms with van der Waals surface area (Å²) in [6, 6.07) is 5.86. The summed E-state index contributed by atoms with van der Waals surface area (Å²) in [6.45, 7) is 0.232. The summed E-state index contributed by atoms with van der Waals surface area (Å²) in [7, 11) is 0. The molecule has 1 fully saturated rings. The van der Waals surface area contributed by atoms with Crippen LogP contribution < -0.4 is 5.73 Å². The molecule has 1 aliphatic heterocycles. The molecule has 1 aliphatic rings. The monoisotopic (exact) mass is 271 g/mol. The molecule has 3 N–H and O–H groups in total.